The quantitative estimate of drug-likeness (QED) is 0.724. The highest BCUT2D eigenvalue weighted by Gasteiger charge is 2.38. The fourth-order valence-electron chi connectivity index (χ4n) is 3.68. The maximum absolute atomic E-state index is 3.77. The van der Waals surface area contributed by atoms with Crippen molar-refractivity contribution in [2.45, 2.75) is 45.1 Å². The number of likely N-dealkylation sites (tertiary alicyclic amines) is 1. The number of hydrogen-bond donors (Lipinski definition) is 0. The van der Waals surface area contributed by atoms with E-state index in [2.05, 4.69) is 59.0 Å². The summed E-state index contributed by atoms with van der Waals surface area (Å²) >= 11 is 3.77. The largest absolute Gasteiger partial charge is 0.296 e. The van der Waals surface area contributed by atoms with E-state index in [9.17, 15) is 0 Å². The molecule has 0 saturated carbocycles. The fourth-order valence-corrected chi connectivity index (χ4v) is 4.38. The second-order valence-electron chi connectivity index (χ2n) is 6.09. The Labute approximate surface area is 124 Å². The van der Waals surface area contributed by atoms with Crippen LogP contribution < -0.4 is 0 Å². The second-order valence-corrected chi connectivity index (χ2v) is 6.94. The third-order valence-corrected chi connectivity index (χ3v) is 5.31. The number of aryl methyl sites for hydroxylation is 1. The van der Waals surface area contributed by atoms with Crippen LogP contribution in [0.2, 0.25) is 0 Å². The molecule has 1 fully saturated rings. The highest BCUT2D eigenvalue weighted by Crippen LogP contribution is 2.44. The molecular weight excluding hydrogens is 298 g/mol. The van der Waals surface area contributed by atoms with Crippen molar-refractivity contribution in [2.75, 3.05) is 13.1 Å². The van der Waals surface area contributed by atoms with Gasteiger partial charge in [-0.05, 0) is 56.8 Å². The molecular formula is C17H22BrN. The molecule has 0 N–H and O–H groups in total. The zero-order valence-electron chi connectivity index (χ0n) is 11.8. The van der Waals surface area contributed by atoms with Gasteiger partial charge in [-0.3, -0.25) is 4.90 Å². The first-order chi connectivity index (χ1) is 9.16. The van der Waals surface area contributed by atoms with Gasteiger partial charge in [-0.2, -0.15) is 0 Å². The smallest absolute Gasteiger partial charge is 0.0213 e. The second kappa shape index (κ2) is 5.41. The molecule has 0 unspecified atom stereocenters. The summed E-state index contributed by atoms with van der Waals surface area (Å²) < 4.78 is 1.32. The van der Waals surface area contributed by atoms with Gasteiger partial charge in [0.05, 0.1) is 0 Å². The predicted octanol–water partition coefficient (Wildman–Crippen LogP) is 4.52. The molecule has 0 aromatic heterocycles. The number of allylic oxidation sites excluding steroid dienone is 1. The van der Waals surface area contributed by atoms with Crippen LogP contribution in [-0.4, -0.2) is 24.0 Å². The van der Waals surface area contributed by atoms with E-state index in [0.29, 0.717) is 0 Å². The Morgan fingerprint density at radius 1 is 1.37 bits per heavy atom. The molecule has 1 aromatic carbocycles. The number of halogens is 1. The van der Waals surface area contributed by atoms with E-state index >= 15 is 0 Å². The van der Waals surface area contributed by atoms with Crippen LogP contribution in [0.25, 0.3) is 0 Å². The third-order valence-electron chi connectivity index (χ3n) is 4.62. The minimum absolute atomic E-state index is 0.741. The molecule has 1 nitrogen and oxygen atoms in total. The molecule has 0 bridgehead atoms. The van der Waals surface area contributed by atoms with Crippen molar-refractivity contribution in [3.63, 3.8) is 0 Å². The summed E-state index contributed by atoms with van der Waals surface area (Å²) in [5.74, 6) is 0.741. The lowest BCUT2D eigenvalue weighted by atomic mass is 9.79. The summed E-state index contributed by atoms with van der Waals surface area (Å²) in [4.78, 5) is 2.68. The van der Waals surface area contributed by atoms with Gasteiger partial charge < -0.3 is 0 Å². The molecule has 1 aromatic rings. The van der Waals surface area contributed by atoms with Gasteiger partial charge in [0.15, 0.2) is 0 Å². The average molecular weight is 320 g/mol. The molecule has 0 amide bonds. The van der Waals surface area contributed by atoms with E-state index in [4.69, 9.17) is 0 Å². The molecule has 19 heavy (non-hydrogen) atoms. The van der Waals surface area contributed by atoms with Crippen LogP contribution in [-0.2, 0) is 6.42 Å². The van der Waals surface area contributed by atoms with Crippen LogP contribution in [0, 0.1) is 0 Å². The summed E-state index contributed by atoms with van der Waals surface area (Å²) in [6.45, 7) is 6.77. The standard InChI is InChI=1S/C17H22BrN/c1-12(2)8-10-19-11-9-14-16(19)7-6-13-4-3-5-15(18)17(13)14/h3-5,8,14,16H,6-7,9-11H2,1-2H3/t14-,16-/m1/s1. The average Bonchev–Trinajstić information content (AvgIpc) is 2.79. The van der Waals surface area contributed by atoms with Gasteiger partial charge in [-0.25, -0.2) is 0 Å². The van der Waals surface area contributed by atoms with Crippen LogP contribution in [0.15, 0.2) is 34.3 Å². The molecule has 0 spiro atoms. The molecule has 2 heteroatoms. The lowest BCUT2D eigenvalue weighted by Gasteiger charge is -2.33. The summed E-state index contributed by atoms with van der Waals surface area (Å²) in [5, 5.41) is 0. The van der Waals surface area contributed by atoms with Gasteiger partial charge in [0.25, 0.3) is 0 Å². The van der Waals surface area contributed by atoms with Gasteiger partial charge in [0.2, 0.25) is 0 Å². The number of hydrogen-bond acceptors (Lipinski definition) is 1. The minimum atomic E-state index is 0.741. The normalized spacial score (nSPS) is 25.8. The molecule has 1 heterocycles. The van der Waals surface area contributed by atoms with Crippen molar-refractivity contribution >= 4 is 15.9 Å². The first-order valence-electron chi connectivity index (χ1n) is 7.31. The predicted molar refractivity (Wildman–Crippen MR) is 84.6 cm³/mol. The summed E-state index contributed by atoms with van der Waals surface area (Å²) in [5.41, 5.74) is 4.60. The maximum Gasteiger partial charge on any atom is 0.0213 e. The lowest BCUT2D eigenvalue weighted by Crippen LogP contribution is -2.35. The minimum Gasteiger partial charge on any atom is -0.296 e. The maximum atomic E-state index is 3.77. The van der Waals surface area contributed by atoms with E-state index in [0.717, 1.165) is 18.5 Å². The zero-order valence-corrected chi connectivity index (χ0v) is 13.4. The fraction of sp³-hybridized carbons (Fsp3) is 0.529. The van der Waals surface area contributed by atoms with Gasteiger partial charge in [-0.1, -0.05) is 39.7 Å². The van der Waals surface area contributed by atoms with Crippen LogP contribution in [0.4, 0.5) is 0 Å². The SMILES string of the molecule is CC(C)=CCN1CC[C@H]2c3c(Br)cccc3CC[C@H]21. The van der Waals surface area contributed by atoms with Gasteiger partial charge >= 0.3 is 0 Å². The molecule has 1 aliphatic carbocycles. The van der Waals surface area contributed by atoms with Crippen molar-refractivity contribution in [1.82, 2.24) is 4.90 Å². The summed E-state index contributed by atoms with van der Waals surface area (Å²) in [6.07, 6.45) is 6.25. The van der Waals surface area contributed by atoms with Gasteiger partial charge in [0.1, 0.15) is 0 Å². The van der Waals surface area contributed by atoms with Crippen LogP contribution in [0.3, 0.4) is 0 Å². The van der Waals surface area contributed by atoms with Crippen LogP contribution >= 0.6 is 15.9 Å². The van der Waals surface area contributed by atoms with Crippen LogP contribution in [0.5, 0.6) is 0 Å². The number of fused-ring (bicyclic) bond motifs is 3. The molecule has 2 aliphatic rings. The topological polar surface area (TPSA) is 3.24 Å². The van der Waals surface area contributed by atoms with Crippen LogP contribution in [0.1, 0.15) is 43.7 Å². The number of nitrogens with zero attached hydrogens (tertiary/aromatic N) is 1. The number of benzene rings is 1. The highest BCUT2D eigenvalue weighted by molar-refractivity contribution is 9.10. The van der Waals surface area contributed by atoms with Crippen molar-refractivity contribution in [3.05, 3.63) is 45.4 Å². The third kappa shape index (κ3) is 2.53. The van der Waals surface area contributed by atoms with E-state index in [-0.39, 0.29) is 0 Å². The molecule has 102 valence electrons. The number of rotatable bonds is 2. The first kappa shape index (κ1) is 13.4. The summed E-state index contributed by atoms with van der Waals surface area (Å²) in [7, 11) is 0. The van der Waals surface area contributed by atoms with Crippen molar-refractivity contribution in [2.24, 2.45) is 0 Å². The molecule has 1 aliphatic heterocycles. The van der Waals surface area contributed by atoms with Gasteiger partial charge in [-0.15, -0.1) is 0 Å². The summed E-state index contributed by atoms with van der Waals surface area (Å²) in [6, 6.07) is 7.45. The Hall–Kier alpha value is -0.600. The lowest BCUT2D eigenvalue weighted by molar-refractivity contribution is 0.249. The Balaban J connectivity index is 1.85. The van der Waals surface area contributed by atoms with E-state index in [1.807, 2.05) is 0 Å². The molecule has 0 radical (unpaired) electrons. The first-order valence-corrected chi connectivity index (χ1v) is 8.11. The van der Waals surface area contributed by atoms with E-state index < -0.39 is 0 Å². The Morgan fingerprint density at radius 2 is 2.21 bits per heavy atom. The Morgan fingerprint density at radius 3 is 3.00 bits per heavy atom. The zero-order chi connectivity index (χ0) is 13.4. The van der Waals surface area contributed by atoms with E-state index in [1.165, 1.54) is 35.9 Å². The molecule has 1 saturated heterocycles. The molecule has 2 atom stereocenters. The monoisotopic (exact) mass is 319 g/mol. The van der Waals surface area contributed by atoms with Crippen molar-refractivity contribution in [1.29, 1.82) is 0 Å². The Kier molecular flexibility index (Phi) is 3.81. The van der Waals surface area contributed by atoms with Crippen molar-refractivity contribution in [3.8, 4) is 0 Å². The highest BCUT2D eigenvalue weighted by atomic mass is 79.9. The molecule has 3 rings (SSSR count). The van der Waals surface area contributed by atoms with Gasteiger partial charge in [0, 0.05) is 23.0 Å². The Bertz CT molecular complexity index is 502. The van der Waals surface area contributed by atoms with E-state index in [1.54, 1.807) is 11.1 Å². The van der Waals surface area contributed by atoms with Crippen molar-refractivity contribution < 1.29 is 0 Å².